The summed E-state index contributed by atoms with van der Waals surface area (Å²) in [7, 11) is 11.8. The third kappa shape index (κ3) is 10.8. The van der Waals surface area contributed by atoms with E-state index in [0.29, 0.717) is 0 Å². The Morgan fingerprint density at radius 3 is 1.70 bits per heavy atom. The van der Waals surface area contributed by atoms with Crippen LogP contribution in [0.15, 0.2) is 30.3 Å². The van der Waals surface area contributed by atoms with Gasteiger partial charge in [-0.15, -0.1) is 0 Å². The Kier molecular flexibility index (Phi) is 14.1. The molecule has 0 saturated carbocycles. The fourth-order valence-electron chi connectivity index (χ4n) is 3.09. The Morgan fingerprint density at radius 2 is 1.22 bits per heavy atom. The third-order valence-electron chi connectivity index (χ3n) is 4.94. The molecule has 0 aliphatic rings. The second kappa shape index (κ2) is 13.1. The molecule has 8 heteroatoms. The van der Waals surface area contributed by atoms with E-state index in [4.69, 9.17) is 13.3 Å². The SMILES string of the molecule is CO[Si](CCC[N+](C)(C)CC[N+](C)(C)Cc1ccccc1)(OC)OC.[Cl-].[Cl-]. The van der Waals surface area contributed by atoms with Gasteiger partial charge in [-0.1, -0.05) is 30.3 Å². The first-order valence-corrected chi connectivity index (χ1v) is 10.9. The van der Waals surface area contributed by atoms with Gasteiger partial charge in [-0.25, -0.2) is 0 Å². The van der Waals surface area contributed by atoms with E-state index in [1.165, 1.54) is 5.56 Å². The largest absolute Gasteiger partial charge is 1.00 e. The highest BCUT2D eigenvalue weighted by Gasteiger charge is 2.38. The number of rotatable bonds is 12. The number of benzene rings is 1. The predicted octanol–water partition coefficient (Wildman–Crippen LogP) is -3.38. The van der Waals surface area contributed by atoms with Crippen molar-refractivity contribution < 1.29 is 47.1 Å². The van der Waals surface area contributed by atoms with Crippen molar-refractivity contribution in [2.45, 2.75) is 19.0 Å². The molecule has 0 N–H and O–H groups in total. The number of hydrogen-bond donors (Lipinski definition) is 0. The summed E-state index contributed by atoms with van der Waals surface area (Å²) >= 11 is 0. The van der Waals surface area contributed by atoms with Crippen molar-refractivity contribution in [3.63, 3.8) is 0 Å². The van der Waals surface area contributed by atoms with Crippen molar-refractivity contribution in [3.05, 3.63) is 35.9 Å². The Morgan fingerprint density at radius 1 is 0.741 bits per heavy atom. The molecule has 0 aliphatic heterocycles. The lowest BCUT2D eigenvalue weighted by atomic mass is 10.2. The van der Waals surface area contributed by atoms with Gasteiger partial charge in [0.25, 0.3) is 0 Å². The summed E-state index contributed by atoms with van der Waals surface area (Å²) in [4.78, 5) is 0. The first-order chi connectivity index (χ1) is 11.7. The number of halogens is 2. The molecule has 5 nitrogen and oxygen atoms in total. The third-order valence-corrected chi connectivity index (χ3v) is 7.78. The average Bonchev–Trinajstić information content (AvgIpc) is 2.58. The van der Waals surface area contributed by atoms with Crippen LogP contribution in [-0.4, -0.2) is 86.9 Å². The molecule has 1 aromatic rings. The summed E-state index contributed by atoms with van der Waals surface area (Å²) in [6.07, 6.45) is 1.04. The van der Waals surface area contributed by atoms with Crippen molar-refractivity contribution in [2.24, 2.45) is 0 Å². The minimum Gasteiger partial charge on any atom is -1.00 e. The van der Waals surface area contributed by atoms with E-state index in [2.05, 4.69) is 58.5 Å². The molecule has 1 rings (SSSR count). The van der Waals surface area contributed by atoms with E-state index < -0.39 is 8.80 Å². The van der Waals surface area contributed by atoms with Crippen molar-refractivity contribution in [3.8, 4) is 0 Å². The number of hydrogen-bond acceptors (Lipinski definition) is 3. The van der Waals surface area contributed by atoms with Crippen LogP contribution in [0.5, 0.6) is 0 Å². The Labute approximate surface area is 180 Å². The molecule has 0 heterocycles. The summed E-state index contributed by atoms with van der Waals surface area (Å²) in [6.45, 7) is 4.44. The van der Waals surface area contributed by atoms with Gasteiger partial charge in [-0.3, -0.25) is 0 Å². The highest BCUT2D eigenvalue weighted by molar-refractivity contribution is 6.60. The smallest absolute Gasteiger partial charge is 0.500 e. The van der Waals surface area contributed by atoms with E-state index in [1.54, 1.807) is 21.3 Å². The van der Waals surface area contributed by atoms with Gasteiger partial charge in [0.1, 0.15) is 19.6 Å². The lowest BCUT2D eigenvalue weighted by molar-refractivity contribution is -0.952. The number of nitrogens with zero attached hydrogens (tertiary/aromatic N) is 2. The van der Waals surface area contributed by atoms with Crippen LogP contribution < -0.4 is 24.8 Å². The van der Waals surface area contributed by atoms with Crippen molar-refractivity contribution in [1.29, 1.82) is 0 Å². The summed E-state index contributed by atoms with van der Waals surface area (Å²) in [5, 5.41) is 0. The summed E-state index contributed by atoms with van der Waals surface area (Å²) < 4.78 is 18.5. The lowest BCUT2D eigenvalue weighted by Gasteiger charge is -2.36. The van der Waals surface area contributed by atoms with Gasteiger partial charge in [0.05, 0.1) is 34.7 Å². The fraction of sp³-hybridized carbons (Fsp3) is 0.684. The summed E-state index contributed by atoms with van der Waals surface area (Å²) in [6, 6.07) is 11.6. The topological polar surface area (TPSA) is 27.7 Å². The van der Waals surface area contributed by atoms with E-state index >= 15 is 0 Å². The number of quaternary nitrogens is 2. The van der Waals surface area contributed by atoms with Crippen molar-refractivity contribution in [1.82, 2.24) is 0 Å². The molecule has 0 unspecified atom stereocenters. The first kappa shape index (κ1) is 29.0. The van der Waals surface area contributed by atoms with Crippen LogP contribution in [0.1, 0.15) is 12.0 Å². The predicted molar refractivity (Wildman–Crippen MR) is 105 cm³/mol. The molecular weight excluding hydrogens is 403 g/mol. The molecule has 0 saturated heterocycles. The molecule has 0 amide bonds. The van der Waals surface area contributed by atoms with Crippen molar-refractivity contribution >= 4 is 8.80 Å². The van der Waals surface area contributed by atoms with E-state index in [9.17, 15) is 0 Å². The Balaban J connectivity index is 0. The fourth-order valence-corrected chi connectivity index (χ4v) is 4.79. The van der Waals surface area contributed by atoms with Crippen LogP contribution in [-0.2, 0) is 19.8 Å². The maximum Gasteiger partial charge on any atom is 0.500 e. The molecule has 0 aliphatic carbocycles. The monoisotopic (exact) mass is 440 g/mol. The molecule has 0 fully saturated rings. The zero-order chi connectivity index (χ0) is 19.0. The summed E-state index contributed by atoms with van der Waals surface area (Å²) in [5.74, 6) is 0. The average molecular weight is 442 g/mol. The van der Waals surface area contributed by atoms with E-state index in [1.807, 2.05) is 0 Å². The zero-order valence-corrected chi connectivity index (χ0v) is 20.5. The quantitative estimate of drug-likeness (QED) is 0.250. The molecule has 0 bridgehead atoms. The van der Waals surface area contributed by atoms with Gasteiger partial charge in [-0.05, 0) is 0 Å². The molecular formula is C19H38Cl2N2O3Si. The van der Waals surface area contributed by atoms with Gasteiger partial charge >= 0.3 is 8.80 Å². The van der Waals surface area contributed by atoms with E-state index in [0.717, 1.165) is 47.6 Å². The van der Waals surface area contributed by atoms with Gasteiger partial charge < -0.3 is 47.1 Å². The molecule has 0 aromatic heterocycles. The maximum atomic E-state index is 5.52. The van der Waals surface area contributed by atoms with Gasteiger partial charge in [0.2, 0.25) is 0 Å². The van der Waals surface area contributed by atoms with Crippen LogP contribution in [0.2, 0.25) is 6.04 Å². The Bertz CT molecular complexity index is 493. The van der Waals surface area contributed by atoms with Gasteiger partial charge in [0, 0.05) is 39.4 Å². The van der Waals surface area contributed by atoms with Crippen LogP contribution in [0.3, 0.4) is 0 Å². The molecule has 27 heavy (non-hydrogen) atoms. The van der Waals surface area contributed by atoms with Crippen molar-refractivity contribution in [2.75, 3.05) is 69.2 Å². The highest BCUT2D eigenvalue weighted by atomic mass is 35.5. The van der Waals surface area contributed by atoms with Gasteiger partial charge in [0.15, 0.2) is 0 Å². The normalized spacial score (nSPS) is 12.3. The second-order valence-electron chi connectivity index (χ2n) is 8.08. The molecule has 0 radical (unpaired) electrons. The van der Waals surface area contributed by atoms with Gasteiger partial charge in [-0.2, -0.15) is 0 Å². The Hall–Kier alpha value is -0.183. The molecule has 160 valence electrons. The number of likely N-dealkylation sites (N-methyl/N-ethyl adjacent to an activating group) is 2. The molecule has 1 aromatic carbocycles. The minimum atomic E-state index is -2.44. The zero-order valence-electron chi connectivity index (χ0n) is 18.0. The molecule has 0 spiro atoms. The van der Waals surface area contributed by atoms with Crippen LogP contribution in [0, 0.1) is 0 Å². The lowest BCUT2D eigenvalue weighted by Crippen LogP contribution is -3.00. The summed E-state index contributed by atoms with van der Waals surface area (Å²) in [5.41, 5.74) is 1.40. The van der Waals surface area contributed by atoms with Crippen LogP contribution in [0.4, 0.5) is 0 Å². The maximum absolute atomic E-state index is 5.52. The first-order valence-electron chi connectivity index (χ1n) is 9.01. The van der Waals surface area contributed by atoms with E-state index in [-0.39, 0.29) is 24.8 Å². The second-order valence-corrected chi connectivity index (χ2v) is 11.2. The van der Waals surface area contributed by atoms with Crippen LogP contribution >= 0.6 is 0 Å². The molecule has 0 atom stereocenters. The van der Waals surface area contributed by atoms with Crippen LogP contribution in [0.25, 0.3) is 0 Å². The standard InChI is InChI=1S/C19H38N2O3Si.2ClH/c1-20(2,14-11-17-25(22-5,23-6)24-7)15-16-21(3,4)18-19-12-9-8-10-13-19;;/h8-10,12-13H,11,14-18H2,1-7H3;2*1H/q+2;;/p-2. The minimum absolute atomic E-state index is 0. The highest BCUT2D eigenvalue weighted by Crippen LogP contribution is 2.17.